The number of nitrogens with one attached hydrogen (secondary N) is 1. The minimum atomic E-state index is 0.125. The monoisotopic (exact) mass is 372 g/mol. The third kappa shape index (κ3) is 4.81. The molecule has 2 heterocycles. The molecule has 1 aliphatic rings. The number of hydrogen-bond donors (Lipinski definition) is 1. The fourth-order valence-corrected chi connectivity index (χ4v) is 3.87. The van der Waals surface area contributed by atoms with Crippen molar-refractivity contribution >= 4 is 22.6 Å². The highest BCUT2D eigenvalue weighted by atomic mass is 32.1. The van der Waals surface area contributed by atoms with Gasteiger partial charge in [-0.2, -0.15) is 4.37 Å². The van der Waals surface area contributed by atoms with Crippen molar-refractivity contribution in [3.05, 3.63) is 41.2 Å². The molecule has 26 heavy (non-hydrogen) atoms. The van der Waals surface area contributed by atoms with Gasteiger partial charge in [-0.15, -0.1) is 0 Å². The lowest BCUT2D eigenvalue weighted by Crippen LogP contribution is -2.43. The molecule has 1 saturated heterocycles. The molecule has 1 aliphatic heterocycles. The van der Waals surface area contributed by atoms with Gasteiger partial charge in [-0.1, -0.05) is 36.8 Å². The first-order valence-corrected chi connectivity index (χ1v) is 10.3. The third-order valence-electron chi connectivity index (χ3n) is 5.08. The zero-order valence-electron chi connectivity index (χ0n) is 15.9. The number of nitrogens with zero attached hydrogens (tertiary/aromatic N) is 3. The second-order valence-corrected chi connectivity index (χ2v) is 7.97. The van der Waals surface area contributed by atoms with Crippen molar-refractivity contribution in [1.82, 2.24) is 14.7 Å². The van der Waals surface area contributed by atoms with E-state index in [2.05, 4.69) is 59.6 Å². The largest absolute Gasteiger partial charge is 0.353 e. The van der Waals surface area contributed by atoms with E-state index in [1.807, 2.05) is 0 Å². The normalized spacial score (nSPS) is 16.5. The topological polar surface area (TPSA) is 58.1 Å². The van der Waals surface area contributed by atoms with Gasteiger partial charge in [-0.3, -0.25) is 4.79 Å². The molecule has 5 nitrogen and oxygen atoms in total. The van der Waals surface area contributed by atoms with Gasteiger partial charge >= 0.3 is 0 Å². The number of piperidine rings is 1. The predicted molar refractivity (Wildman–Crippen MR) is 107 cm³/mol. The number of amides is 1. The molecule has 1 aromatic carbocycles. The molecule has 3 rings (SSSR count). The van der Waals surface area contributed by atoms with Crippen molar-refractivity contribution in [3.63, 3.8) is 0 Å². The van der Waals surface area contributed by atoms with E-state index in [0.717, 1.165) is 49.7 Å². The van der Waals surface area contributed by atoms with E-state index in [4.69, 9.17) is 4.98 Å². The van der Waals surface area contributed by atoms with Gasteiger partial charge in [-0.05, 0) is 38.7 Å². The van der Waals surface area contributed by atoms with E-state index in [-0.39, 0.29) is 17.9 Å². The van der Waals surface area contributed by atoms with Gasteiger partial charge in [0, 0.05) is 43.0 Å². The van der Waals surface area contributed by atoms with Gasteiger partial charge in [0.05, 0.1) is 0 Å². The summed E-state index contributed by atoms with van der Waals surface area (Å²) < 4.78 is 4.52. The lowest BCUT2D eigenvalue weighted by atomic mass is 9.96. The second-order valence-electron chi connectivity index (χ2n) is 7.23. The Morgan fingerprint density at radius 3 is 2.65 bits per heavy atom. The lowest BCUT2D eigenvalue weighted by Gasteiger charge is -2.31. The molecule has 1 fully saturated rings. The first kappa shape index (κ1) is 18.8. The number of rotatable bonds is 6. The summed E-state index contributed by atoms with van der Waals surface area (Å²) in [4.78, 5) is 19.3. The third-order valence-corrected chi connectivity index (χ3v) is 5.89. The summed E-state index contributed by atoms with van der Waals surface area (Å²) in [6.07, 6.45) is 3.51. The molecule has 1 aromatic heterocycles. The summed E-state index contributed by atoms with van der Waals surface area (Å²) in [7, 11) is 0. The van der Waals surface area contributed by atoms with Crippen LogP contribution in [0.1, 0.15) is 50.1 Å². The minimum absolute atomic E-state index is 0.125. The Labute approximate surface area is 160 Å². The Bertz CT molecular complexity index is 720. The average molecular weight is 373 g/mol. The van der Waals surface area contributed by atoms with Crippen LogP contribution in [0.15, 0.2) is 24.3 Å². The molecule has 6 heteroatoms. The van der Waals surface area contributed by atoms with E-state index in [9.17, 15) is 4.79 Å². The summed E-state index contributed by atoms with van der Waals surface area (Å²) in [5, 5.41) is 4.09. The van der Waals surface area contributed by atoms with Crippen LogP contribution in [0.2, 0.25) is 0 Å². The maximum Gasteiger partial charge on any atom is 0.223 e. The van der Waals surface area contributed by atoms with Crippen molar-refractivity contribution in [3.8, 4) is 0 Å². The van der Waals surface area contributed by atoms with E-state index in [0.29, 0.717) is 0 Å². The highest BCUT2D eigenvalue weighted by Crippen LogP contribution is 2.25. The molecule has 1 unspecified atom stereocenters. The van der Waals surface area contributed by atoms with Gasteiger partial charge in [0.2, 0.25) is 11.0 Å². The standard InChI is InChI=1S/C20H28N4OS/c1-4-15(3)21-19(25)17-9-11-24(12-10-17)20-22-18(23-26-20)13-16-7-5-14(2)6-8-16/h5-8,15,17H,4,9-13H2,1-3H3,(H,21,25). The fraction of sp³-hybridized carbons (Fsp3) is 0.550. The highest BCUT2D eigenvalue weighted by Gasteiger charge is 2.27. The van der Waals surface area contributed by atoms with Gasteiger partial charge in [0.25, 0.3) is 0 Å². The first-order valence-electron chi connectivity index (χ1n) is 9.48. The summed E-state index contributed by atoms with van der Waals surface area (Å²) in [5.41, 5.74) is 2.50. The summed E-state index contributed by atoms with van der Waals surface area (Å²) in [6, 6.07) is 8.78. The SMILES string of the molecule is CCC(C)NC(=O)C1CCN(c2nc(Cc3ccc(C)cc3)ns2)CC1. The van der Waals surface area contributed by atoms with Crippen LogP contribution in [0.4, 0.5) is 5.13 Å². The molecule has 0 spiro atoms. The molecule has 140 valence electrons. The zero-order valence-corrected chi connectivity index (χ0v) is 16.7. The predicted octanol–water partition coefficient (Wildman–Crippen LogP) is 3.57. The van der Waals surface area contributed by atoms with Crippen LogP contribution in [0.5, 0.6) is 0 Å². The Kier molecular flexibility index (Phi) is 6.25. The van der Waals surface area contributed by atoms with Crippen LogP contribution >= 0.6 is 11.5 Å². The minimum Gasteiger partial charge on any atom is -0.353 e. The number of anilines is 1. The maximum atomic E-state index is 12.3. The summed E-state index contributed by atoms with van der Waals surface area (Å²) >= 11 is 1.47. The van der Waals surface area contributed by atoms with E-state index in [1.54, 1.807) is 0 Å². The zero-order chi connectivity index (χ0) is 18.5. The number of aryl methyl sites for hydroxylation is 1. The van der Waals surface area contributed by atoms with E-state index in [1.165, 1.54) is 22.7 Å². The van der Waals surface area contributed by atoms with E-state index < -0.39 is 0 Å². The van der Waals surface area contributed by atoms with Crippen molar-refractivity contribution < 1.29 is 4.79 Å². The average Bonchev–Trinajstić information content (AvgIpc) is 3.12. The second kappa shape index (κ2) is 8.62. The van der Waals surface area contributed by atoms with Crippen LogP contribution in [0.25, 0.3) is 0 Å². The molecule has 0 saturated carbocycles. The quantitative estimate of drug-likeness (QED) is 0.842. The molecule has 0 bridgehead atoms. The molecule has 1 N–H and O–H groups in total. The highest BCUT2D eigenvalue weighted by molar-refractivity contribution is 7.09. The number of aromatic nitrogens is 2. The Morgan fingerprint density at radius 1 is 1.31 bits per heavy atom. The van der Waals surface area contributed by atoms with Gasteiger partial charge in [0.1, 0.15) is 5.82 Å². The number of hydrogen-bond acceptors (Lipinski definition) is 5. The van der Waals surface area contributed by atoms with Gasteiger partial charge in [-0.25, -0.2) is 4.98 Å². The van der Waals surface area contributed by atoms with Gasteiger partial charge < -0.3 is 10.2 Å². The van der Waals surface area contributed by atoms with E-state index >= 15 is 0 Å². The Hall–Kier alpha value is -1.95. The van der Waals surface area contributed by atoms with Crippen LogP contribution in [-0.2, 0) is 11.2 Å². The number of benzene rings is 1. The smallest absolute Gasteiger partial charge is 0.223 e. The molecule has 1 amide bonds. The number of carbonyl (C=O) groups excluding carboxylic acids is 1. The molecule has 0 aliphatic carbocycles. The van der Waals surface area contributed by atoms with Crippen LogP contribution < -0.4 is 10.2 Å². The molecule has 2 aromatic rings. The van der Waals surface area contributed by atoms with Crippen molar-refractivity contribution in [2.24, 2.45) is 5.92 Å². The molecular formula is C20H28N4OS. The molecule has 0 radical (unpaired) electrons. The fourth-order valence-electron chi connectivity index (χ4n) is 3.13. The summed E-state index contributed by atoms with van der Waals surface area (Å²) in [5.74, 6) is 1.21. The molecular weight excluding hydrogens is 344 g/mol. The van der Waals surface area contributed by atoms with Crippen LogP contribution in [-0.4, -0.2) is 34.4 Å². The Morgan fingerprint density at radius 2 is 2.00 bits per heavy atom. The van der Waals surface area contributed by atoms with Crippen molar-refractivity contribution in [2.45, 2.75) is 52.5 Å². The number of carbonyl (C=O) groups is 1. The first-order chi connectivity index (χ1) is 12.5. The maximum absolute atomic E-state index is 12.3. The van der Waals surface area contributed by atoms with Crippen molar-refractivity contribution in [1.29, 1.82) is 0 Å². The van der Waals surface area contributed by atoms with Gasteiger partial charge in [0.15, 0.2) is 0 Å². The Balaban J connectivity index is 1.53. The van der Waals surface area contributed by atoms with Crippen LogP contribution in [0, 0.1) is 12.8 Å². The molecule has 1 atom stereocenters. The summed E-state index contributed by atoms with van der Waals surface area (Å²) in [6.45, 7) is 7.99. The van der Waals surface area contributed by atoms with Crippen molar-refractivity contribution in [2.75, 3.05) is 18.0 Å². The van der Waals surface area contributed by atoms with Crippen LogP contribution in [0.3, 0.4) is 0 Å². The lowest BCUT2D eigenvalue weighted by molar-refractivity contribution is -0.126.